The van der Waals surface area contributed by atoms with Crippen LogP contribution in [-0.2, 0) is 4.79 Å². The van der Waals surface area contributed by atoms with E-state index in [4.69, 9.17) is 5.11 Å². The average molecular weight is 238 g/mol. The van der Waals surface area contributed by atoms with Gasteiger partial charge in [0.2, 0.25) is 0 Å². The second kappa shape index (κ2) is 5.14. The summed E-state index contributed by atoms with van der Waals surface area (Å²) in [5.41, 5.74) is 0. The molecule has 0 radical (unpaired) electrons. The molecule has 5 heteroatoms. The molecule has 1 rings (SSSR count). The second-order valence-corrected chi connectivity index (χ2v) is 5.05. The van der Waals surface area contributed by atoms with E-state index in [0.717, 1.165) is 12.8 Å². The highest BCUT2D eigenvalue weighted by molar-refractivity contribution is 5.70. The van der Waals surface area contributed by atoms with Crippen molar-refractivity contribution in [3.8, 4) is 0 Å². The van der Waals surface area contributed by atoms with Crippen LogP contribution in [0.2, 0.25) is 0 Å². The van der Waals surface area contributed by atoms with Crippen LogP contribution < -0.4 is 12.4 Å². The van der Waals surface area contributed by atoms with Crippen molar-refractivity contribution in [3.05, 3.63) is 0 Å². The number of aliphatic hydroxyl groups excluding tert-OH is 1. The van der Waals surface area contributed by atoms with Gasteiger partial charge in [0.05, 0.1) is 27.1 Å². The van der Waals surface area contributed by atoms with Gasteiger partial charge in [0.1, 0.15) is 12.1 Å². The first-order chi connectivity index (χ1) is 6.34. The van der Waals surface area contributed by atoms with Crippen LogP contribution in [0.3, 0.4) is 0 Å². The zero-order valence-electron chi connectivity index (χ0n) is 9.48. The second-order valence-electron chi connectivity index (χ2n) is 5.05. The van der Waals surface area contributed by atoms with Crippen molar-refractivity contribution >= 4 is 5.97 Å². The molecule has 0 unspecified atom stereocenters. The van der Waals surface area contributed by atoms with E-state index in [1.807, 2.05) is 21.1 Å². The van der Waals surface area contributed by atoms with Crippen molar-refractivity contribution in [2.45, 2.75) is 31.4 Å². The number of hydrogen-bond donors (Lipinski definition) is 2. The maximum Gasteiger partial charge on any atom is 0.309 e. The molecule has 0 aromatic heterocycles. The normalized spacial score (nSPS) is 31.9. The Morgan fingerprint density at radius 2 is 1.80 bits per heavy atom. The van der Waals surface area contributed by atoms with E-state index < -0.39 is 18.0 Å². The molecule has 1 aliphatic carbocycles. The summed E-state index contributed by atoms with van der Waals surface area (Å²) in [6.45, 7) is 0. The molecule has 0 spiro atoms. The molecular weight excluding hydrogens is 218 g/mol. The predicted molar refractivity (Wildman–Crippen MR) is 52.8 cm³/mol. The van der Waals surface area contributed by atoms with Gasteiger partial charge in [-0.05, 0) is 12.8 Å². The highest BCUT2D eigenvalue weighted by atomic mass is 35.5. The Labute approximate surface area is 96.9 Å². The van der Waals surface area contributed by atoms with Gasteiger partial charge >= 0.3 is 5.97 Å². The summed E-state index contributed by atoms with van der Waals surface area (Å²) in [4.78, 5) is 10.9. The van der Waals surface area contributed by atoms with E-state index >= 15 is 0 Å². The van der Waals surface area contributed by atoms with Gasteiger partial charge in [-0.15, -0.1) is 0 Å². The van der Waals surface area contributed by atoms with Crippen molar-refractivity contribution in [3.63, 3.8) is 0 Å². The van der Waals surface area contributed by atoms with Gasteiger partial charge in [0, 0.05) is 6.42 Å². The number of carboxylic acid groups (broad SMARTS) is 1. The molecule has 3 atom stereocenters. The highest BCUT2D eigenvalue weighted by Gasteiger charge is 2.42. The van der Waals surface area contributed by atoms with Crippen molar-refractivity contribution in [2.24, 2.45) is 5.92 Å². The lowest BCUT2D eigenvalue weighted by Crippen LogP contribution is -3.00. The zero-order valence-corrected chi connectivity index (χ0v) is 10.2. The fraction of sp³-hybridized carbons (Fsp3) is 0.900. The smallest absolute Gasteiger partial charge is 0.309 e. The topological polar surface area (TPSA) is 57.5 Å². The number of nitrogens with zero attached hydrogens (tertiary/aromatic N) is 1. The van der Waals surface area contributed by atoms with E-state index in [1.165, 1.54) is 0 Å². The number of quaternary nitrogens is 1. The van der Waals surface area contributed by atoms with Gasteiger partial charge in [0.25, 0.3) is 0 Å². The standard InChI is InChI=1S/C10H19NO3.ClH/c1-11(2,3)8-6-4-5-7(9(8)12)10(13)14;/h7-9,12H,4-6H2,1-3H3;1H/t7-,8-,9+;/m0./s1. The van der Waals surface area contributed by atoms with E-state index in [1.54, 1.807) is 0 Å². The first-order valence-electron chi connectivity index (χ1n) is 5.06. The van der Waals surface area contributed by atoms with Crippen molar-refractivity contribution in [1.82, 2.24) is 0 Å². The molecule has 0 aromatic carbocycles. The molecule has 1 saturated carbocycles. The van der Waals surface area contributed by atoms with Crippen LogP contribution in [0.15, 0.2) is 0 Å². The van der Waals surface area contributed by atoms with Crippen LogP contribution in [0.5, 0.6) is 0 Å². The molecule has 2 N–H and O–H groups in total. The third kappa shape index (κ3) is 3.33. The van der Waals surface area contributed by atoms with Gasteiger partial charge in [-0.2, -0.15) is 0 Å². The SMILES string of the molecule is C[N+](C)(C)[C@H]1CCC[C@H](C(=O)O)[C@H]1O.[Cl-]. The van der Waals surface area contributed by atoms with Crippen molar-refractivity contribution in [2.75, 3.05) is 21.1 Å². The van der Waals surface area contributed by atoms with Crippen LogP contribution in [0, 0.1) is 5.92 Å². The summed E-state index contributed by atoms with van der Waals surface area (Å²) >= 11 is 0. The summed E-state index contributed by atoms with van der Waals surface area (Å²) in [6, 6.07) is 0.0462. The number of carbonyl (C=O) groups is 1. The van der Waals surface area contributed by atoms with Crippen molar-refractivity contribution in [1.29, 1.82) is 0 Å². The maximum absolute atomic E-state index is 10.9. The Kier molecular flexibility index (Phi) is 5.03. The van der Waals surface area contributed by atoms with Gasteiger partial charge in [0.15, 0.2) is 0 Å². The number of halogens is 1. The molecule has 4 nitrogen and oxygen atoms in total. The van der Waals surface area contributed by atoms with Crippen LogP contribution in [0.4, 0.5) is 0 Å². The summed E-state index contributed by atoms with van der Waals surface area (Å²) in [5.74, 6) is -1.44. The van der Waals surface area contributed by atoms with Crippen LogP contribution >= 0.6 is 0 Å². The fourth-order valence-corrected chi connectivity index (χ4v) is 2.27. The lowest BCUT2D eigenvalue weighted by Gasteiger charge is -2.41. The summed E-state index contributed by atoms with van der Waals surface area (Å²) in [7, 11) is 5.99. The molecule has 0 aliphatic heterocycles. The van der Waals surface area contributed by atoms with E-state index in [-0.39, 0.29) is 18.4 Å². The lowest BCUT2D eigenvalue weighted by atomic mass is 9.82. The molecule has 1 fully saturated rings. The first kappa shape index (κ1) is 14.7. The molecule has 0 amide bonds. The van der Waals surface area contributed by atoms with Gasteiger partial charge in [-0.25, -0.2) is 0 Å². The quantitative estimate of drug-likeness (QED) is 0.515. The Morgan fingerprint density at radius 1 is 1.27 bits per heavy atom. The average Bonchev–Trinajstić information content (AvgIpc) is 2.01. The summed E-state index contributed by atoms with van der Waals surface area (Å²) < 4.78 is 0.630. The lowest BCUT2D eigenvalue weighted by molar-refractivity contribution is -0.901. The molecule has 0 bridgehead atoms. The van der Waals surface area contributed by atoms with E-state index in [0.29, 0.717) is 10.9 Å². The van der Waals surface area contributed by atoms with Crippen LogP contribution in [0.25, 0.3) is 0 Å². The predicted octanol–water partition coefficient (Wildman–Crippen LogP) is -2.69. The summed E-state index contributed by atoms with van der Waals surface area (Å²) in [6.07, 6.45) is 1.71. The number of aliphatic hydroxyl groups is 1. The largest absolute Gasteiger partial charge is 1.00 e. The number of carboxylic acids is 1. The molecule has 0 saturated heterocycles. The monoisotopic (exact) mass is 237 g/mol. The number of rotatable bonds is 2. The molecule has 0 aromatic rings. The van der Waals surface area contributed by atoms with Crippen molar-refractivity contribution < 1.29 is 31.9 Å². The van der Waals surface area contributed by atoms with Crippen LogP contribution in [0.1, 0.15) is 19.3 Å². The number of aliphatic carboxylic acids is 1. The maximum atomic E-state index is 10.9. The Balaban J connectivity index is 0.00000196. The van der Waals surface area contributed by atoms with E-state index in [9.17, 15) is 9.90 Å². The van der Waals surface area contributed by atoms with Gasteiger partial charge in [-0.3, -0.25) is 4.79 Å². The minimum atomic E-state index is -0.865. The molecular formula is C10H20ClNO3. The minimum Gasteiger partial charge on any atom is -1.00 e. The van der Waals surface area contributed by atoms with Crippen LogP contribution in [-0.4, -0.2) is 54.0 Å². The number of hydrogen-bond acceptors (Lipinski definition) is 2. The molecule has 15 heavy (non-hydrogen) atoms. The van der Waals surface area contributed by atoms with E-state index in [2.05, 4.69) is 0 Å². The van der Waals surface area contributed by atoms with Gasteiger partial charge < -0.3 is 27.1 Å². The fourth-order valence-electron chi connectivity index (χ4n) is 2.27. The third-order valence-electron chi connectivity index (χ3n) is 3.13. The Morgan fingerprint density at radius 3 is 2.20 bits per heavy atom. The zero-order chi connectivity index (χ0) is 10.9. The molecule has 90 valence electrons. The number of likely N-dealkylation sites (N-methyl/N-ethyl adjacent to an activating group) is 1. The first-order valence-corrected chi connectivity index (χ1v) is 5.06. The summed E-state index contributed by atoms with van der Waals surface area (Å²) in [5, 5.41) is 18.9. The highest BCUT2D eigenvalue weighted by Crippen LogP contribution is 2.29. The molecule has 0 heterocycles. The molecule has 1 aliphatic rings. The Bertz CT molecular complexity index is 227. The third-order valence-corrected chi connectivity index (χ3v) is 3.13. The minimum absolute atomic E-state index is 0. The Hall–Kier alpha value is -0.320. The van der Waals surface area contributed by atoms with Gasteiger partial charge in [-0.1, -0.05) is 0 Å².